The first kappa shape index (κ1) is 19.4. The Bertz CT molecular complexity index is 565. The Morgan fingerprint density at radius 3 is 2.44 bits per heavy atom. The lowest BCUT2D eigenvalue weighted by Crippen LogP contribution is -2.75. The van der Waals surface area contributed by atoms with Gasteiger partial charge in [0.05, 0.1) is 19.3 Å². The van der Waals surface area contributed by atoms with Crippen LogP contribution in [0.1, 0.15) is 50.5 Å². The molecule has 150 valence electrons. The topological polar surface area (TPSA) is 24.9 Å². The Labute approximate surface area is 164 Å². The normalized spacial score (nSPS) is 26.9. The molecule has 4 rings (SSSR count). The molecule has 1 atom stereocenters. The number of nitrogens with zero attached hydrogens (tertiary/aromatic N) is 2. The summed E-state index contributed by atoms with van der Waals surface area (Å²) >= 11 is 0. The van der Waals surface area contributed by atoms with Crippen molar-refractivity contribution in [2.45, 2.75) is 69.2 Å². The predicted octanol–water partition coefficient (Wildman–Crippen LogP) is 3.70. The molecule has 0 N–H and O–H groups in total. The van der Waals surface area contributed by atoms with Crippen LogP contribution in [-0.2, 0) is 16.0 Å². The minimum absolute atomic E-state index is 0.332. The molecule has 1 unspecified atom stereocenters. The standard InChI is InChI=1S/C23H36N2O2/c1-26-16-17-27-22-19-25(23(22)12-6-3-7-13-23)21-10-14-24(15-11-21)18-20-8-4-2-5-9-20/h2,4-5,8-9,21-22H,3,6-7,10-19H2,1H3. The van der Waals surface area contributed by atoms with E-state index in [-0.39, 0.29) is 0 Å². The fourth-order valence-corrected chi connectivity index (χ4v) is 5.60. The van der Waals surface area contributed by atoms with Gasteiger partial charge in [0.2, 0.25) is 0 Å². The van der Waals surface area contributed by atoms with Crippen LogP contribution in [0.5, 0.6) is 0 Å². The minimum atomic E-state index is 0.332. The molecule has 1 aromatic rings. The SMILES string of the molecule is COCCOC1CN(C2CCN(Cc3ccccc3)CC2)C12CCCCC2. The van der Waals surface area contributed by atoms with Crippen molar-refractivity contribution in [1.29, 1.82) is 0 Å². The number of hydrogen-bond acceptors (Lipinski definition) is 4. The third kappa shape index (κ3) is 4.24. The first-order valence-corrected chi connectivity index (χ1v) is 11.0. The summed E-state index contributed by atoms with van der Waals surface area (Å²) in [6.07, 6.45) is 9.83. The number of piperidine rings is 1. The van der Waals surface area contributed by atoms with Crippen molar-refractivity contribution in [2.75, 3.05) is 40.0 Å². The van der Waals surface area contributed by atoms with Gasteiger partial charge >= 0.3 is 0 Å². The van der Waals surface area contributed by atoms with Gasteiger partial charge in [0.1, 0.15) is 0 Å². The molecule has 0 radical (unpaired) electrons. The second-order valence-corrected chi connectivity index (χ2v) is 8.66. The van der Waals surface area contributed by atoms with Crippen molar-refractivity contribution in [3.63, 3.8) is 0 Å². The molecule has 4 nitrogen and oxygen atoms in total. The van der Waals surface area contributed by atoms with Crippen molar-refractivity contribution in [1.82, 2.24) is 9.80 Å². The molecule has 0 aromatic heterocycles. The van der Waals surface area contributed by atoms with Crippen molar-refractivity contribution < 1.29 is 9.47 Å². The Morgan fingerprint density at radius 1 is 1.00 bits per heavy atom. The molecule has 4 heteroatoms. The van der Waals surface area contributed by atoms with E-state index in [1.165, 1.54) is 63.6 Å². The second-order valence-electron chi connectivity index (χ2n) is 8.66. The summed E-state index contributed by atoms with van der Waals surface area (Å²) in [5.41, 5.74) is 1.77. The predicted molar refractivity (Wildman–Crippen MR) is 109 cm³/mol. The van der Waals surface area contributed by atoms with E-state index < -0.39 is 0 Å². The molecule has 1 aromatic carbocycles. The van der Waals surface area contributed by atoms with Crippen LogP contribution in [0.3, 0.4) is 0 Å². The van der Waals surface area contributed by atoms with Gasteiger partial charge in [0, 0.05) is 31.8 Å². The highest BCUT2D eigenvalue weighted by atomic mass is 16.5. The Morgan fingerprint density at radius 2 is 1.74 bits per heavy atom. The van der Waals surface area contributed by atoms with E-state index in [0.29, 0.717) is 18.2 Å². The summed E-state index contributed by atoms with van der Waals surface area (Å²) in [5, 5.41) is 0. The monoisotopic (exact) mass is 372 g/mol. The first-order chi connectivity index (χ1) is 13.3. The first-order valence-electron chi connectivity index (χ1n) is 11.0. The lowest BCUT2D eigenvalue weighted by molar-refractivity contribution is -0.204. The van der Waals surface area contributed by atoms with Gasteiger partial charge in [-0.05, 0) is 44.3 Å². The zero-order valence-corrected chi connectivity index (χ0v) is 16.9. The molecular weight excluding hydrogens is 336 g/mol. The van der Waals surface area contributed by atoms with Gasteiger partial charge in [-0.25, -0.2) is 0 Å². The highest BCUT2D eigenvalue weighted by molar-refractivity contribution is 5.15. The van der Waals surface area contributed by atoms with Crippen LogP contribution < -0.4 is 0 Å². The summed E-state index contributed by atoms with van der Waals surface area (Å²) in [7, 11) is 1.76. The number of benzene rings is 1. The van der Waals surface area contributed by atoms with Gasteiger partial charge in [-0.2, -0.15) is 0 Å². The van der Waals surface area contributed by atoms with Crippen molar-refractivity contribution in [3.8, 4) is 0 Å². The minimum Gasteiger partial charge on any atom is -0.382 e. The number of methoxy groups -OCH3 is 1. The fraction of sp³-hybridized carbons (Fsp3) is 0.739. The maximum absolute atomic E-state index is 6.26. The second kappa shape index (κ2) is 9.04. The van der Waals surface area contributed by atoms with E-state index in [1.54, 1.807) is 7.11 Å². The molecule has 1 aliphatic carbocycles. The van der Waals surface area contributed by atoms with E-state index in [0.717, 1.165) is 25.7 Å². The number of likely N-dealkylation sites (tertiary alicyclic amines) is 2. The van der Waals surface area contributed by atoms with Gasteiger partial charge in [-0.15, -0.1) is 0 Å². The lowest BCUT2D eigenvalue weighted by atomic mass is 9.69. The molecule has 0 amide bonds. The molecule has 1 spiro atoms. The molecule has 2 heterocycles. The van der Waals surface area contributed by atoms with E-state index >= 15 is 0 Å². The van der Waals surface area contributed by atoms with Crippen LogP contribution in [0.25, 0.3) is 0 Å². The Balaban J connectivity index is 1.32. The van der Waals surface area contributed by atoms with Crippen molar-refractivity contribution >= 4 is 0 Å². The number of rotatable bonds is 7. The van der Waals surface area contributed by atoms with E-state index in [1.807, 2.05) is 0 Å². The number of ether oxygens (including phenoxy) is 2. The molecule has 0 bridgehead atoms. The Kier molecular flexibility index (Phi) is 6.49. The van der Waals surface area contributed by atoms with Crippen LogP contribution in [0.2, 0.25) is 0 Å². The van der Waals surface area contributed by atoms with Crippen LogP contribution >= 0.6 is 0 Å². The smallest absolute Gasteiger partial charge is 0.0886 e. The van der Waals surface area contributed by atoms with Gasteiger partial charge in [-0.3, -0.25) is 9.80 Å². The highest BCUT2D eigenvalue weighted by Gasteiger charge is 2.56. The zero-order valence-electron chi connectivity index (χ0n) is 16.9. The molecule has 3 fully saturated rings. The van der Waals surface area contributed by atoms with E-state index in [9.17, 15) is 0 Å². The van der Waals surface area contributed by atoms with Crippen LogP contribution in [0.4, 0.5) is 0 Å². The largest absolute Gasteiger partial charge is 0.382 e. The lowest BCUT2D eigenvalue weighted by Gasteiger charge is -2.63. The van der Waals surface area contributed by atoms with E-state index in [2.05, 4.69) is 40.1 Å². The fourth-order valence-electron chi connectivity index (χ4n) is 5.60. The third-order valence-corrected chi connectivity index (χ3v) is 7.11. The van der Waals surface area contributed by atoms with Crippen LogP contribution in [0.15, 0.2) is 30.3 Å². The maximum atomic E-state index is 6.26. The average Bonchev–Trinajstić information content (AvgIpc) is 2.72. The molecule has 27 heavy (non-hydrogen) atoms. The van der Waals surface area contributed by atoms with Crippen molar-refractivity contribution in [3.05, 3.63) is 35.9 Å². The van der Waals surface area contributed by atoms with Crippen LogP contribution in [0, 0.1) is 0 Å². The Hall–Kier alpha value is -0.940. The average molecular weight is 373 g/mol. The van der Waals surface area contributed by atoms with Gasteiger partial charge in [-0.1, -0.05) is 49.6 Å². The molecule has 3 aliphatic rings. The molecule has 2 aliphatic heterocycles. The highest BCUT2D eigenvalue weighted by Crippen LogP contribution is 2.47. The maximum Gasteiger partial charge on any atom is 0.0886 e. The summed E-state index contributed by atoms with van der Waals surface area (Å²) in [4.78, 5) is 5.48. The quantitative estimate of drug-likeness (QED) is 0.682. The third-order valence-electron chi connectivity index (χ3n) is 7.11. The summed E-state index contributed by atoms with van der Waals surface area (Å²) < 4.78 is 11.5. The summed E-state index contributed by atoms with van der Waals surface area (Å²) in [6, 6.07) is 11.7. The van der Waals surface area contributed by atoms with E-state index in [4.69, 9.17) is 9.47 Å². The number of hydrogen-bond donors (Lipinski definition) is 0. The van der Waals surface area contributed by atoms with Crippen LogP contribution in [-0.4, -0.2) is 67.4 Å². The van der Waals surface area contributed by atoms with Crippen molar-refractivity contribution in [2.24, 2.45) is 0 Å². The van der Waals surface area contributed by atoms with Gasteiger partial charge in [0.25, 0.3) is 0 Å². The summed E-state index contributed by atoms with van der Waals surface area (Å²) in [6.45, 7) is 6.13. The molecular formula is C23H36N2O2. The zero-order chi connectivity index (χ0) is 18.5. The van der Waals surface area contributed by atoms with Gasteiger partial charge in [0.15, 0.2) is 0 Å². The molecule has 1 saturated carbocycles. The van der Waals surface area contributed by atoms with Gasteiger partial charge < -0.3 is 9.47 Å². The molecule has 2 saturated heterocycles. The summed E-state index contributed by atoms with van der Waals surface area (Å²) in [5.74, 6) is 0.